The standard InChI is InChI=1S/C10H16N4O2S/c1-13-10(3-5-12-13)17(15,16)14-6-8-2-4-11-9(8)7-14/h3,5,8-9,11H,2,4,6-7H2,1H3/t8-,9+/m0/s1. The normalized spacial score (nSPS) is 29.7. The predicted molar refractivity (Wildman–Crippen MR) is 61.9 cm³/mol. The number of aromatic nitrogens is 2. The van der Waals surface area contributed by atoms with Crippen LogP contribution in [0.25, 0.3) is 0 Å². The molecule has 1 aromatic rings. The van der Waals surface area contributed by atoms with Crippen molar-refractivity contribution < 1.29 is 8.42 Å². The van der Waals surface area contributed by atoms with Crippen LogP contribution in [0.15, 0.2) is 17.3 Å². The fraction of sp³-hybridized carbons (Fsp3) is 0.700. The van der Waals surface area contributed by atoms with E-state index >= 15 is 0 Å². The van der Waals surface area contributed by atoms with Gasteiger partial charge in [0.15, 0.2) is 5.03 Å². The maximum absolute atomic E-state index is 12.4. The predicted octanol–water partition coefficient (Wildman–Crippen LogP) is -0.597. The quantitative estimate of drug-likeness (QED) is 0.767. The highest BCUT2D eigenvalue weighted by atomic mass is 32.2. The molecule has 2 aliphatic rings. The zero-order valence-electron chi connectivity index (χ0n) is 9.70. The van der Waals surface area contributed by atoms with E-state index in [0.29, 0.717) is 25.0 Å². The van der Waals surface area contributed by atoms with E-state index in [4.69, 9.17) is 0 Å². The molecule has 2 fully saturated rings. The number of hydrogen-bond acceptors (Lipinski definition) is 4. The smallest absolute Gasteiger partial charge is 0.260 e. The molecule has 0 saturated carbocycles. The van der Waals surface area contributed by atoms with Crippen molar-refractivity contribution in [1.29, 1.82) is 0 Å². The van der Waals surface area contributed by atoms with Gasteiger partial charge in [-0.1, -0.05) is 0 Å². The maximum atomic E-state index is 12.4. The molecule has 3 rings (SSSR count). The Hall–Kier alpha value is -0.920. The number of hydrogen-bond donors (Lipinski definition) is 1. The topological polar surface area (TPSA) is 67.2 Å². The molecule has 1 aromatic heterocycles. The summed E-state index contributed by atoms with van der Waals surface area (Å²) in [5.41, 5.74) is 0. The summed E-state index contributed by atoms with van der Waals surface area (Å²) < 4.78 is 27.8. The van der Waals surface area contributed by atoms with Crippen LogP contribution in [-0.2, 0) is 17.1 Å². The van der Waals surface area contributed by atoms with E-state index < -0.39 is 10.0 Å². The average molecular weight is 256 g/mol. The molecule has 94 valence electrons. The molecule has 0 radical (unpaired) electrons. The van der Waals surface area contributed by atoms with Crippen LogP contribution in [0, 0.1) is 5.92 Å². The van der Waals surface area contributed by atoms with Gasteiger partial charge in [-0.15, -0.1) is 0 Å². The minimum Gasteiger partial charge on any atom is -0.312 e. The van der Waals surface area contributed by atoms with Gasteiger partial charge in [0.1, 0.15) is 0 Å². The molecule has 2 saturated heterocycles. The number of nitrogens with zero attached hydrogens (tertiary/aromatic N) is 3. The molecule has 1 N–H and O–H groups in total. The lowest BCUT2D eigenvalue weighted by Gasteiger charge is -2.17. The van der Waals surface area contributed by atoms with Gasteiger partial charge in [0.2, 0.25) is 0 Å². The summed E-state index contributed by atoms with van der Waals surface area (Å²) >= 11 is 0. The van der Waals surface area contributed by atoms with Crippen molar-refractivity contribution in [1.82, 2.24) is 19.4 Å². The van der Waals surface area contributed by atoms with E-state index in [1.807, 2.05) is 0 Å². The first-order valence-corrected chi connectivity index (χ1v) is 7.24. The molecule has 0 unspecified atom stereocenters. The van der Waals surface area contributed by atoms with Gasteiger partial charge in [-0.2, -0.15) is 9.40 Å². The van der Waals surface area contributed by atoms with Crippen LogP contribution in [0.4, 0.5) is 0 Å². The molecule has 7 heteroatoms. The Bertz CT molecular complexity index is 512. The highest BCUT2D eigenvalue weighted by Gasteiger charge is 2.42. The molecule has 3 heterocycles. The second-order valence-electron chi connectivity index (χ2n) is 4.72. The van der Waals surface area contributed by atoms with Gasteiger partial charge >= 0.3 is 0 Å². The minimum absolute atomic E-state index is 0.275. The Labute approximate surface area is 101 Å². The number of nitrogens with one attached hydrogen (secondary N) is 1. The van der Waals surface area contributed by atoms with E-state index in [1.165, 1.54) is 10.9 Å². The largest absolute Gasteiger partial charge is 0.312 e. The molecule has 0 amide bonds. The van der Waals surface area contributed by atoms with Gasteiger partial charge in [-0.25, -0.2) is 8.42 Å². The van der Waals surface area contributed by atoms with Crippen molar-refractivity contribution in [2.75, 3.05) is 19.6 Å². The van der Waals surface area contributed by atoms with E-state index in [1.54, 1.807) is 17.4 Å². The van der Waals surface area contributed by atoms with E-state index in [2.05, 4.69) is 10.4 Å². The molecule has 0 bridgehead atoms. The summed E-state index contributed by atoms with van der Waals surface area (Å²) in [7, 11) is -1.72. The Kier molecular flexibility index (Phi) is 2.49. The van der Waals surface area contributed by atoms with Crippen molar-refractivity contribution >= 4 is 10.0 Å². The maximum Gasteiger partial charge on any atom is 0.260 e. The monoisotopic (exact) mass is 256 g/mol. The van der Waals surface area contributed by atoms with Crippen LogP contribution in [0.3, 0.4) is 0 Å². The summed E-state index contributed by atoms with van der Waals surface area (Å²) in [5, 5.41) is 7.55. The van der Waals surface area contributed by atoms with Gasteiger partial charge in [0, 0.05) is 26.2 Å². The summed E-state index contributed by atoms with van der Waals surface area (Å²) in [4.78, 5) is 0. The molecule has 0 spiro atoms. The summed E-state index contributed by atoms with van der Waals surface area (Å²) in [6.45, 7) is 2.22. The Morgan fingerprint density at radius 1 is 1.47 bits per heavy atom. The SMILES string of the molecule is Cn1nccc1S(=O)(=O)N1C[C@@H]2CCN[C@@H]2C1. The molecule has 17 heavy (non-hydrogen) atoms. The van der Waals surface area contributed by atoms with E-state index in [-0.39, 0.29) is 5.03 Å². The zero-order chi connectivity index (χ0) is 12.0. The van der Waals surface area contributed by atoms with Gasteiger partial charge in [0.25, 0.3) is 10.0 Å². The highest BCUT2D eigenvalue weighted by molar-refractivity contribution is 7.89. The summed E-state index contributed by atoms with van der Waals surface area (Å²) in [5.74, 6) is 0.470. The van der Waals surface area contributed by atoms with Gasteiger partial charge in [-0.05, 0) is 24.9 Å². The van der Waals surface area contributed by atoms with Crippen LogP contribution >= 0.6 is 0 Å². The molecule has 0 aromatic carbocycles. The first kappa shape index (κ1) is 11.2. The lowest BCUT2D eigenvalue weighted by molar-refractivity contribution is 0.441. The molecule has 2 aliphatic heterocycles. The zero-order valence-corrected chi connectivity index (χ0v) is 10.5. The van der Waals surface area contributed by atoms with Crippen LogP contribution in [0.1, 0.15) is 6.42 Å². The van der Waals surface area contributed by atoms with Crippen LogP contribution in [0.5, 0.6) is 0 Å². The first-order chi connectivity index (χ1) is 8.09. The van der Waals surface area contributed by atoms with Crippen LogP contribution in [0.2, 0.25) is 0 Å². The Balaban J connectivity index is 1.88. The molecule has 6 nitrogen and oxygen atoms in total. The lowest BCUT2D eigenvalue weighted by Crippen LogP contribution is -2.34. The van der Waals surface area contributed by atoms with Crippen LogP contribution < -0.4 is 5.32 Å². The molecule has 0 aliphatic carbocycles. The third-order valence-corrected chi connectivity index (χ3v) is 5.62. The van der Waals surface area contributed by atoms with Gasteiger partial charge in [0.05, 0.1) is 6.20 Å². The van der Waals surface area contributed by atoms with Gasteiger partial charge in [-0.3, -0.25) is 4.68 Å². The van der Waals surface area contributed by atoms with Gasteiger partial charge < -0.3 is 5.32 Å². The fourth-order valence-electron chi connectivity index (χ4n) is 2.75. The Morgan fingerprint density at radius 3 is 2.94 bits per heavy atom. The fourth-order valence-corrected chi connectivity index (χ4v) is 4.38. The molecule has 2 atom stereocenters. The molecular formula is C10H16N4O2S. The Morgan fingerprint density at radius 2 is 2.29 bits per heavy atom. The number of aryl methyl sites for hydroxylation is 1. The minimum atomic E-state index is -3.37. The van der Waals surface area contributed by atoms with Crippen molar-refractivity contribution in [3.05, 3.63) is 12.3 Å². The van der Waals surface area contributed by atoms with Crippen molar-refractivity contribution in [2.24, 2.45) is 13.0 Å². The van der Waals surface area contributed by atoms with Crippen molar-refractivity contribution in [2.45, 2.75) is 17.5 Å². The average Bonchev–Trinajstić information content (AvgIpc) is 2.89. The summed E-state index contributed by atoms with van der Waals surface area (Å²) in [6.07, 6.45) is 2.59. The summed E-state index contributed by atoms with van der Waals surface area (Å²) in [6, 6.07) is 1.88. The lowest BCUT2D eigenvalue weighted by atomic mass is 10.1. The number of fused-ring (bicyclic) bond motifs is 1. The van der Waals surface area contributed by atoms with E-state index in [0.717, 1.165) is 13.0 Å². The van der Waals surface area contributed by atoms with Crippen molar-refractivity contribution in [3.63, 3.8) is 0 Å². The first-order valence-electron chi connectivity index (χ1n) is 5.80. The number of sulfonamides is 1. The highest BCUT2D eigenvalue weighted by Crippen LogP contribution is 2.28. The third kappa shape index (κ3) is 1.69. The number of rotatable bonds is 2. The van der Waals surface area contributed by atoms with Crippen molar-refractivity contribution in [3.8, 4) is 0 Å². The van der Waals surface area contributed by atoms with E-state index in [9.17, 15) is 8.42 Å². The second kappa shape index (κ2) is 3.79. The molecular weight excluding hydrogens is 240 g/mol. The van der Waals surface area contributed by atoms with Crippen LogP contribution in [-0.4, -0.2) is 48.2 Å². The third-order valence-electron chi connectivity index (χ3n) is 3.71. The second-order valence-corrected chi connectivity index (χ2v) is 6.61.